The molecule has 0 spiro atoms. The third kappa shape index (κ3) is 5.79. The highest BCUT2D eigenvalue weighted by Gasteiger charge is 2.28. The lowest BCUT2D eigenvalue weighted by molar-refractivity contribution is -0.141. The number of nitrogens with one attached hydrogen (secondary N) is 2. The van der Waals surface area contributed by atoms with Gasteiger partial charge in [0.25, 0.3) is 0 Å². The normalized spacial score (nSPS) is 13.1. The number of carboxylic acids is 1. The van der Waals surface area contributed by atoms with Crippen LogP contribution >= 0.6 is 11.8 Å². The average molecular weight is 443 g/mol. The number of carbonyl (C=O) groups is 3. The lowest BCUT2D eigenvalue weighted by Crippen LogP contribution is -2.41. The molecule has 1 aliphatic rings. The van der Waals surface area contributed by atoms with Gasteiger partial charge in [0.1, 0.15) is 12.6 Å². The molecule has 0 aromatic heterocycles. The highest BCUT2D eigenvalue weighted by Crippen LogP contribution is 2.44. The summed E-state index contributed by atoms with van der Waals surface area (Å²) >= 11 is 1.32. The van der Waals surface area contributed by atoms with E-state index in [9.17, 15) is 14.4 Å². The second kappa shape index (κ2) is 10.9. The van der Waals surface area contributed by atoms with Crippen LogP contribution < -0.4 is 10.6 Å². The van der Waals surface area contributed by atoms with Crippen LogP contribution in [0.1, 0.15) is 30.4 Å². The Morgan fingerprint density at radius 1 is 1.06 bits per heavy atom. The second-order valence-electron chi connectivity index (χ2n) is 7.17. The van der Waals surface area contributed by atoms with Crippen LogP contribution in [0.5, 0.6) is 0 Å². The molecule has 2 aromatic carbocycles. The minimum absolute atomic E-state index is 0.0111. The fourth-order valence-electron chi connectivity index (χ4n) is 3.61. The van der Waals surface area contributed by atoms with Crippen molar-refractivity contribution in [2.75, 3.05) is 24.7 Å². The van der Waals surface area contributed by atoms with E-state index in [1.807, 2.05) is 24.3 Å². The Bertz CT molecular complexity index is 904. The molecule has 31 heavy (non-hydrogen) atoms. The number of carboxylic acid groups (broad SMARTS) is 1. The number of hydrogen-bond acceptors (Lipinski definition) is 5. The maximum Gasteiger partial charge on any atom is 0.407 e. The van der Waals surface area contributed by atoms with Gasteiger partial charge in [-0.1, -0.05) is 55.5 Å². The lowest BCUT2D eigenvalue weighted by atomic mass is 9.98. The summed E-state index contributed by atoms with van der Waals surface area (Å²) in [6.07, 6.45) is -0.168. The zero-order valence-corrected chi connectivity index (χ0v) is 18.1. The Labute approximate surface area is 185 Å². The van der Waals surface area contributed by atoms with E-state index in [1.165, 1.54) is 22.9 Å². The number of alkyl carbamates (subject to hydrolysis) is 1. The number of rotatable bonds is 10. The van der Waals surface area contributed by atoms with Crippen LogP contribution in [-0.2, 0) is 14.3 Å². The molecule has 2 aromatic rings. The molecule has 0 heterocycles. The first-order chi connectivity index (χ1) is 15.0. The Balaban J connectivity index is 1.39. The largest absolute Gasteiger partial charge is 0.480 e. The average Bonchev–Trinajstić information content (AvgIpc) is 3.09. The van der Waals surface area contributed by atoms with Crippen LogP contribution in [0.4, 0.5) is 4.79 Å². The predicted octanol–water partition coefficient (Wildman–Crippen LogP) is 3.24. The van der Waals surface area contributed by atoms with Gasteiger partial charge in [0, 0.05) is 18.2 Å². The third-order valence-corrected chi connectivity index (χ3v) is 6.09. The molecule has 2 amide bonds. The maximum absolute atomic E-state index is 12.1. The Kier molecular flexibility index (Phi) is 7.94. The van der Waals surface area contributed by atoms with Crippen molar-refractivity contribution in [3.05, 3.63) is 59.7 Å². The summed E-state index contributed by atoms with van der Waals surface area (Å²) in [5.74, 6) is -0.715. The minimum atomic E-state index is -1.04. The smallest absolute Gasteiger partial charge is 0.407 e. The molecule has 0 saturated carbocycles. The number of fused-ring (bicyclic) bond motifs is 3. The van der Waals surface area contributed by atoms with Crippen LogP contribution in [0.2, 0.25) is 0 Å². The number of ether oxygens (including phenoxy) is 1. The molecular weight excluding hydrogens is 416 g/mol. The van der Waals surface area contributed by atoms with Gasteiger partial charge in [-0.25, -0.2) is 9.59 Å². The fourth-order valence-corrected chi connectivity index (χ4v) is 4.27. The first-order valence-corrected chi connectivity index (χ1v) is 11.4. The topological polar surface area (TPSA) is 105 Å². The van der Waals surface area contributed by atoms with Crippen LogP contribution in [0.3, 0.4) is 0 Å². The Morgan fingerprint density at radius 3 is 2.26 bits per heavy atom. The number of benzene rings is 2. The summed E-state index contributed by atoms with van der Waals surface area (Å²) in [5, 5.41) is 14.1. The first-order valence-electron chi connectivity index (χ1n) is 10.2. The molecular formula is C23H26N2O5S. The van der Waals surface area contributed by atoms with E-state index in [2.05, 4.69) is 34.9 Å². The van der Waals surface area contributed by atoms with Crippen LogP contribution in [0, 0.1) is 0 Å². The second-order valence-corrected chi connectivity index (χ2v) is 8.28. The fraction of sp³-hybridized carbons (Fsp3) is 0.348. The summed E-state index contributed by atoms with van der Waals surface area (Å²) in [6.45, 7) is 2.30. The Hall–Kier alpha value is -3.00. The standard InChI is InChI=1S/C23H26N2O5S/c1-2-20(22(27)28)25-21(26)14-31-12-11-24-23(29)30-13-19-17-9-5-3-7-15(17)16-8-4-6-10-18(16)19/h3-10,19-20H,2,11-14H2,1H3,(H,24,29)(H,25,26)(H,27,28). The molecule has 1 unspecified atom stereocenters. The monoisotopic (exact) mass is 442 g/mol. The van der Waals surface area contributed by atoms with Crippen molar-refractivity contribution in [3.8, 4) is 11.1 Å². The highest BCUT2D eigenvalue weighted by molar-refractivity contribution is 7.99. The first kappa shape index (κ1) is 22.7. The van der Waals surface area contributed by atoms with Gasteiger partial charge in [0.15, 0.2) is 0 Å². The van der Waals surface area contributed by atoms with Gasteiger partial charge in [-0.05, 0) is 28.7 Å². The number of carbonyl (C=O) groups excluding carboxylic acids is 2. The van der Waals surface area contributed by atoms with Crippen molar-refractivity contribution in [2.24, 2.45) is 0 Å². The van der Waals surface area contributed by atoms with Crippen molar-refractivity contribution in [1.29, 1.82) is 0 Å². The van der Waals surface area contributed by atoms with Crippen molar-refractivity contribution in [3.63, 3.8) is 0 Å². The van der Waals surface area contributed by atoms with Gasteiger partial charge in [0.05, 0.1) is 5.75 Å². The van der Waals surface area contributed by atoms with Crippen molar-refractivity contribution >= 4 is 29.7 Å². The number of amides is 2. The van der Waals surface area contributed by atoms with E-state index in [0.29, 0.717) is 18.7 Å². The van der Waals surface area contributed by atoms with E-state index in [0.717, 1.165) is 11.1 Å². The highest BCUT2D eigenvalue weighted by atomic mass is 32.2. The summed E-state index contributed by atoms with van der Waals surface area (Å²) in [4.78, 5) is 34.8. The zero-order valence-electron chi connectivity index (χ0n) is 17.3. The predicted molar refractivity (Wildman–Crippen MR) is 120 cm³/mol. The van der Waals surface area contributed by atoms with E-state index in [4.69, 9.17) is 9.84 Å². The molecule has 164 valence electrons. The molecule has 0 radical (unpaired) electrons. The van der Waals surface area contributed by atoms with E-state index in [-0.39, 0.29) is 24.2 Å². The molecule has 8 heteroatoms. The molecule has 3 N–H and O–H groups in total. The number of thioether (sulfide) groups is 1. The van der Waals surface area contributed by atoms with Crippen molar-refractivity contribution in [1.82, 2.24) is 10.6 Å². The van der Waals surface area contributed by atoms with Crippen LogP contribution in [0.25, 0.3) is 11.1 Å². The number of aliphatic carboxylic acids is 1. The Morgan fingerprint density at radius 2 is 1.68 bits per heavy atom. The van der Waals surface area contributed by atoms with Gasteiger partial charge in [-0.15, -0.1) is 0 Å². The van der Waals surface area contributed by atoms with Gasteiger partial charge < -0.3 is 20.5 Å². The third-order valence-electron chi connectivity index (χ3n) is 5.13. The number of hydrogen-bond donors (Lipinski definition) is 3. The molecule has 7 nitrogen and oxygen atoms in total. The van der Waals surface area contributed by atoms with Gasteiger partial charge >= 0.3 is 12.1 Å². The molecule has 0 saturated heterocycles. The molecule has 0 fully saturated rings. The molecule has 1 atom stereocenters. The van der Waals surface area contributed by atoms with Crippen LogP contribution in [0.15, 0.2) is 48.5 Å². The molecule has 3 rings (SSSR count). The molecule has 0 bridgehead atoms. The van der Waals surface area contributed by atoms with Gasteiger partial charge in [-0.3, -0.25) is 4.79 Å². The molecule has 0 aliphatic heterocycles. The van der Waals surface area contributed by atoms with E-state index < -0.39 is 18.1 Å². The zero-order chi connectivity index (χ0) is 22.2. The summed E-state index contributed by atoms with van der Waals surface area (Å²) in [6, 6.07) is 15.4. The van der Waals surface area contributed by atoms with E-state index >= 15 is 0 Å². The van der Waals surface area contributed by atoms with Gasteiger partial charge in [0.2, 0.25) is 5.91 Å². The molecule has 1 aliphatic carbocycles. The summed E-state index contributed by atoms with van der Waals surface area (Å²) in [5.41, 5.74) is 4.67. The van der Waals surface area contributed by atoms with Crippen molar-refractivity contribution in [2.45, 2.75) is 25.3 Å². The SMILES string of the molecule is CCC(NC(=O)CSCCNC(=O)OCC1c2ccccc2-c2ccccc21)C(=O)O. The lowest BCUT2D eigenvalue weighted by Gasteiger charge is -2.14. The summed E-state index contributed by atoms with van der Waals surface area (Å²) < 4.78 is 5.46. The van der Waals surface area contributed by atoms with E-state index in [1.54, 1.807) is 6.92 Å². The minimum Gasteiger partial charge on any atom is -0.480 e. The van der Waals surface area contributed by atoms with Crippen LogP contribution in [-0.4, -0.2) is 53.8 Å². The van der Waals surface area contributed by atoms with Crippen molar-refractivity contribution < 1.29 is 24.2 Å². The quantitative estimate of drug-likeness (QED) is 0.488. The summed E-state index contributed by atoms with van der Waals surface area (Å²) in [7, 11) is 0. The maximum atomic E-state index is 12.1. The van der Waals surface area contributed by atoms with Gasteiger partial charge in [-0.2, -0.15) is 11.8 Å².